The highest BCUT2D eigenvalue weighted by Gasteiger charge is 2.36. The zero-order valence-corrected chi connectivity index (χ0v) is 14.4. The van der Waals surface area contributed by atoms with Crippen LogP contribution >= 0.6 is 0 Å². The van der Waals surface area contributed by atoms with Crippen molar-refractivity contribution < 1.29 is 14.4 Å². The second-order valence-corrected chi connectivity index (χ2v) is 6.72. The van der Waals surface area contributed by atoms with Crippen LogP contribution in [0.3, 0.4) is 0 Å². The van der Waals surface area contributed by atoms with E-state index >= 15 is 0 Å². The Balaban J connectivity index is 1.85. The molecule has 3 rings (SSSR count). The van der Waals surface area contributed by atoms with Crippen LogP contribution in [0.4, 0.5) is 0 Å². The fourth-order valence-corrected chi connectivity index (χ4v) is 3.51. The summed E-state index contributed by atoms with van der Waals surface area (Å²) in [7, 11) is 0. The lowest BCUT2D eigenvalue weighted by atomic mass is 10.0. The van der Waals surface area contributed by atoms with Crippen molar-refractivity contribution in [3.63, 3.8) is 0 Å². The molecule has 3 amide bonds. The maximum Gasteiger partial charge on any atom is 0.261 e. The molecule has 1 fully saturated rings. The lowest BCUT2D eigenvalue weighted by Gasteiger charge is -2.33. The lowest BCUT2D eigenvalue weighted by molar-refractivity contribution is 0.0632. The molecule has 24 heavy (non-hydrogen) atoms. The summed E-state index contributed by atoms with van der Waals surface area (Å²) in [4.78, 5) is 40.8. The molecule has 0 aliphatic carbocycles. The van der Waals surface area contributed by atoms with Crippen molar-refractivity contribution in [1.29, 1.82) is 0 Å². The molecule has 0 bridgehead atoms. The standard InChI is InChI=1S/C19H24N2O3/c1-3-4-10-21-18(23)15-9-8-14(12-16(15)19(21)24)17(22)20-11-6-5-7-13(20)2/h8-9,12-13H,3-7,10-11H2,1-2H3/t13-/m1/s1. The predicted octanol–water partition coefficient (Wildman–Crippen LogP) is 3.10. The van der Waals surface area contributed by atoms with Crippen LogP contribution in [0.5, 0.6) is 0 Å². The lowest BCUT2D eigenvalue weighted by Crippen LogP contribution is -2.42. The highest BCUT2D eigenvalue weighted by atomic mass is 16.2. The predicted molar refractivity (Wildman–Crippen MR) is 91.1 cm³/mol. The van der Waals surface area contributed by atoms with Crippen molar-refractivity contribution >= 4 is 17.7 Å². The van der Waals surface area contributed by atoms with Crippen molar-refractivity contribution in [2.24, 2.45) is 0 Å². The zero-order chi connectivity index (χ0) is 17.3. The quantitative estimate of drug-likeness (QED) is 0.798. The number of rotatable bonds is 4. The first kappa shape index (κ1) is 16.7. The molecule has 1 saturated heterocycles. The smallest absolute Gasteiger partial charge is 0.261 e. The van der Waals surface area contributed by atoms with Crippen LogP contribution in [0, 0.1) is 0 Å². The molecule has 0 saturated carbocycles. The first-order valence-corrected chi connectivity index (χ1v) is 8.85. The van der Waals surface area contributed by atoms with Crippen LogP contribution in [0.1, 0.15) is 77.0 Å². The van der Waals surface area contributed by atoms with Crippen molar-refractivity contribution in [1.82, 2.24) is 9.80 Å². The molecule has 0 aromatic heterocycles. The third kappa shape index (κ3) is 2.83. The number of likely N-dealkylation sites (tertiary alicyclic amines) is 1. The molecule has 0 unspecified atom stereocenters. The highest BCUT2D eigenvalue weighted by Crippen LogP contribution is 2.26. The largest absolute Gasteiger partial charge is 0.336 e. The topological polar surface area (TPSA) is 57.7 Å². The van der Waals surface area contributed by atoms with Crippen LogP contribution in [0.2, 0.25) is 0 Å². The van der Waals surface area contributed by atoms with Gasteiger partial charge in [-0.25, -0.2) is 0 Å². The molecule has 0 N–H and O–H groups in total. The molecule has 1 aromatic carbocycles. The number of hydrogen-bond donors (Lipinski definition) is 0. The van der Waals surface area contributed by atoms with Gasteiger partial charge in [0.15, 0.2) is 0 Å². The van der Waals surface area contributed by atoms with E-state index < -0.39 is 0 Å². The van der Waals surface area contributed by atoms with Gasteiger partial charge in [0.25, 0.3) is 17.7 Å². The Bertz CT molecular complexity index is 683. The van der Waals surface area contributed by atoms with Crippen LogP contribution in [0.25, 0.3) is 0 Å². The number of fused-ring (bicyclic) bond motifs is 1. The second-order valence-electron chi connectivity index (χ2n) is 6.72. The van der Waals surface area contributed by atoms with Gasteiger partial charge in [-0.05, 0) is 50.8 Å². The van der Waals surface area contributed by atoms with Crippen LogP contribution in [0.15, 0.2) is 18.2 Å². The summed E-state index contributed by atoms with van der Waals surface area (Å²) in [6.45, 7) is 5.28. The molecule has 0 spiro atoms. The number of imide groups is 1. The monoisotopic (exact) mass is 328 g/mol. The number of carbonyl (C=O) groups is 3. The molecule has 1 atom stereocenters. The first-order chi connectivity index (χ1) is 11.5. The molecule has 1 aromatic rings. The number of amides is 3. The fraction of sp³-hybridized carbons (Fsp3) is 0.526. The Morgan fingerprint density at radius 3 is 2.62 bits per heavy atom. The third-order valence-electron chi connectivity index (χ3n) is 5.02. The normalized spacial score (nSPS) is 20.5. The summed E-state index contributed by atoms with van der Waals surface area (Å²) >= 11 is 0. The number of benzene rings is 1. The van der Waals surface area contributed by atoms with E-state index in [1.807, 2.05) is 11.8 Å². The van der Waals surface area contributed by atoms with E-state index in [1.54, 1.807) is 18.2 Å². The Hall–Kier alpha value is -2.17. The van der Waals surface area contributed by atoms with Gasteiger partial charge in [0.05, 0.1) is 11.1 Å². The maximum atomic E-state index is 12.8. The van der Waals surface area contributed by atoms with E-state index in [2.05, 4.69) is 6.92 Å². The minimum Gasteiger partial charge on any atom is -0.336 e. The molecular formula is C19H24N2O3. The molecule has 5 heteroatoms. The zero-order valence-electron chi connectivity index (χ0n) is 14.4. The van der Waals surface area contributed by atoms with Crippen molar-refractivity contribution in [3.8, 4) is 0 Å². The summed E-state index contributed by atoms with van der Waals surface area (Å²) in [5, 5.41) is 0. The van der Waals surface area contributed by atoms with Gasteiger partial charge in [-0.3, -0.25) is 19.3 Å². The Morgan fingerprint density at radius 1 is 1.17 bits per heavy atom. The van der Waals surface area contributed by atoms with Crippen LogP contribution in [-0.2, 0) is 0 Å². The number of nitrogens with zero attached hydrogens (tertiary/aromatic N) is 2. The van der Waals surface area contributed by atoms with Gasteiger partial charge in [-0.2, -0.15) is 0 Å². The summed E-state index contributed by atoms with van der Waals surface area (Å²) in [6, 6.07) is 5.13. The van der Waals surface area contributed by atoms with Crippen molar-refractivity contribution in [2.75, 3.05) is 13.1 Å². The summed E-state index contributed by atoms with van der Waals surface area (Å²) in [6.07, 6.45) is 4.89. The SMILES string of the molecule is CCCCN1C(=O)c2ccc(C(=O)N3CCCC[C@H]3C)cc2C1=O. The van der Waals surface area contributed by atoms with E-state index in [4.69, 9.17) is 0 Å². The minimum atomic E-state index is -0.273. The number of carbonyl (C=O) groups excluding carboxylic acids is 3. The highest BCUT2D eigenvalue weighted by molar-refractivity contribution is 6.22. The number of hydrogen-bond acceptors (Lipinski definition) is 3. The van der Waals surface area contributed by atoms with Gasteiger partial charge >= 0.3 is 0 Å². The van der Waals surface area contributed by atoms with E-state index in [9.17, 15) is 14.4 Å². The third-order valence-corrected chi connectivity index (χ3v) is 5.02. The minimum absolute atomic E-state index is 0.0442. The molecule has 2 aliphatic rings. The van der Waals surface area contributed by atoms with Crippen LogP contribution < -0.4 is 0 Å². The molecule has 2 heterocycles. The van der Waals surface area contributed by atoms with Gasteiger partial charge in [0, 0.05) is 24.7 Å². The first-order valence-electron chi connectivity index (χ1n) is 8.85. The Morgan fingerprint density at radius 2 is 1.92 bits per heavy atom. The van der Waals surface area contributed by atoms with E-state index in [-0.39, 0.29) is 23.8 Å². The van der Waals surface area contributed by atoms with Crippen LogP contribution in [-0.4, -0.2) is 46.7 Å². The molecule has 0 radical (unpaired) electrons. The van der Waals surface area contributed by atoms with Gasteiger partial charge in [0.1, 0.15) is 0 Å². The fourth-order valence-electron chi connectivity index (χ4n) is 3.51. The Kier molecular flexibility index (Phi) is 4.69. The second kappa shape index (κ2) is 6.75. The van der Waals surface area contributed by atoms with Gasteiger partial charge in [-0.15, -0.1) is 0 Å². The number of unbranched alkanes of at least 4 members (excludes halogenated alkanes) is 1. The van der Waals surface area contributed by atoms with Crippen molar-refractivity contribution in [3.05, 3.63) is 34.9 Å². The Labute approximate surface area is 142 Å². The average molecular weight is 328 g/mol. The molecule has 2 aliphatic heterocycles. The van der Waals surface area contributed by atoms with E-state index in [0.29, 0.717) is 23.2 Å². The van der Waals surface area contributed by atoms with Gasteiger partial charge < -0.3 is 4.90 Å². The summed E-state index contributed by atoms with van der Waals surface area (Å²) in [5.41, 5.74) is 1.28. The molecule has 5 nitrogen and oxygen atoms in total. The molecule has 128 valence electrons. The van der Waals surface area contributed by atoms with Gasteiger partial charge in [0.2, 0.25) is 0 Å². The number of piperidine rings is 1. The molecular weight excluding hydrogens is 304 g/mol. The summed E-state index contributed by atoms with van der Waals surface area (Å²) in [5.74, 6) is -0.559. The summed E-state index contributed by atoms with van der Waals surface area (Å²) < 4.78 is 0. The average Bonchev–Trinajstić information content (AvgIpc) is 2.83. The van der Waals surface area contributed by atoms with E-state index in [1.165, 1.54) is 4.90 Å². The maximum absolute atomic E-state index is 12.8. The van der Waals surface area contributed by atoms with E-state index in [0.717, 1.165) is 38.6 Å². The van der Waals surface area contributed by atoms with Gasteiger partial charge in [-0.1, -0.05) is 13.3 Å². The van der Waals surface area contributed by atoms with Crippen molar-refractivity contribution in [2.45, 2.75) is 52.0 Å².